The van der Waals surface area contributed by atoms with Crippen molar-refractivity contribution in [2.45, 2.75) is 19.8 Å². The summed E-state index contributed by atoms with van der Waals surface area (Å²) in [6.07, 6.45) is 3.82. The normalized spacial score (nSPS) is 19.3. The summed E-state index contributed by atoms with van der Waals surface area (Å²) < 4.78 is 0. The molecule has 2 nitrogen and oxygen atoms in total. The minimum atomic E-state index is 0.725. The average Bonchev–Trinajstić information content (AvgIpc) is 2.44. The van der Waals surface area contributed by atoms with E-state index in [4.69, 9.17) is 0 Å². The first-order valence-electron chi connectivity index (χ1n) is 4.49. The topological polar surface area (TPSA) is 29.4 Å². The minimum Gasteiger partial charge on any atom is -0.211 e. The molecule has 2 heteroatoms. The van der Waals surface area contributed by atoms with Crippen LogP contribution in [0.5, 0.6) is 0 Å². The Morgan fingerprint density at radius 2 is 2.15 bits per heavy atom. The van der Waals surface area contributed by atoms with Crippen molar-refractivity contribution in [3.05, 3.63) is 29.3 Å². The first-order chi connectivity index (χ1) is 6.29. The van der Waals surface area contributed by atoms with Gasteiger partial charge in [0, 0.05) is 0 Å². The fourth-order valence-corrected chi connectivity index (χ4v) is 1.95. The molecule has 2 rings (SSSR count). The highest BCUT2D eigenvalue weighted by molar-refractivity contribution is 5.52. The van der Waals surface area contributed by atoms with Gasteiger partial charge in [-0.15, -0.1) is 0 Å². The predicted octanol–water partition coefficient (Wildman–Crippen LogP) is 2.39. The molecule has 0 aromatic heterocycles. The summed E-state index contributed by atoms with van der Waals surface area (Å²) in [5.74, 6) is 0.727. The van der Waals surface area contributed by atoms with Crippen molar-refractivity contribution in [2.24, 2.45) is 10.9 Å². The molecule has 1 unspecified atom stereocenters. The monoisotopic (exact) mass is 173 g/mol. The van der Waals surface area contributed by atoms with Crippen LogP contribution < -0.4 is 0 Å². The van der Waals surface area contributed by atoms with Crippen molar-refractivity contribution in [1.82, 2.24) is 0 Å². The van der Waals surface area contributed by atoms with Gasteiger partial charge in [0.05, 0.1) is 5.69 Å². The van der Waals surface area contributed by atoms with Gasteiger partial charge in [0.25, 0.3) is 0 Å². The van der Waals surface area contributed by atoms with Gasteiger partial charge in [0.15, 0.2) is 0 Å². The number of isocyanates is 1. The molecule has 1 aliphatic carbocycles. The molecule has 0 spiro atoms. The van der Waals surface area contributed by atoms with Crippen LogP contribution in [-0.2, 0) is 17.6 Å². The number of hydrogen-bond acceptors (Lipinski definition) is 2. The maximum absolute atomic E-state index is 10.0. The zero-order valence-corrected chi connectivity index (χ0v) is 7.58. The Labute approximate surface area is 77.3 Å². The molecule has 0 N–H and O–H groups in total. The summed E-state index contributed by atoms with van der Waals surface area (Å²) in [7, 11) is 0. The number of fused-ring (bicyclic) bond motifs is 1. The number of benzene rings is 1. The van der Waals surface area contributed by atoms with Crippen molar-refractivity contribution in [3.63, 3.8) is 0 Å². The zero-order chi connectivity index (χ0) is 9.26. The first kappa shape index (κ1) is 8.21. The highest BCUT2D eigenvalue weighted by atomic mass is 16.1. The molecule has 0 saturated heterocycles. The number of nitrogens with zero attached hydrogens (tertiary/aromatic N) is 1. The Kier molecular flexibility index (Phi) is 1.99. The molecule has 0 saturated carbocycles. The van der Waals surface area contributed by atoms with Crippen LogP contribution in [0.1, 0.15) is 18.1 Å². The third-order valence-electron chi connectivity index (χ3n) is 2.50. The van der Waals surface area contributed by atoms with E-state index in [0.717, 1.165) is 24.4 Å². The van der Waals surface area contributed by atoms with Gasteiger partial charge in [-0.3, -0.25) is 0 Å². The van der Waals surface area contributed by atoms with E-state index >= 15 is 0 Å². The predicted molar refractivity (Wildman–Crippen MR) is 50.8 cm³/mol. The molecule has 0 bridgehead atoms. The van der Waals surface area contributed by atoms with E-state index in [1.54, 1.807) is 6.08 Å². The Bertz CT molecular complexity index is 378. The highest BCUT2D eigenvalue weighted by Crippen LogP contribution is 2.29. The zero-order valence-electron chi connectivity index (χ0n) is 7.58. The molecule has 0 fully saturated rings. The van der Waals surface area contributed by atoms with Crippen molar-refractivity contribution in [1.29, 1.82) is 0 Å². The van der Waals surface area contributed by atoms with Crippen LogP contribution in [0.3, 0.4) is 0 Å². The molecule has 66 valence electrons. The van der Waals surface area contributed by atoms with Crippen molar-refractivity contribution < 1.29 is 4.79 Å². The van der Waals surface area contributed by atoms with Gasteiger partial charge in [-0.25, -0.2) is 4.79 Å². The van der Waals surface area contributed by atoms with Gasteiger partial charge < -0.3 is 0 Å². The van der Waals surface area contributed by atoms with Crippen LogP contribution in [0.2, 0.25) is 0 Å². The van der Waals surface area contributed by atoms with Crippen molar-refractivity contribution in [2.75, 3.05) is 0 Å². The molecule has 0 aliphatic heterocycles. The van der Waals surface area contributed by atoms with E-state index in [0.29, 0.717) is 0 Å². The van der Waals surface area contributed by atoms with E-state index < -0.39 is 0 Å². The van der Waals surface area contributed by atoms with E-state index in [-0.39, 0.29) is 0 Å². The second-order valence-electron chi connectivity index (χ2n) is 3.67. The number of rotatable bonds is 1. The van der Waals surface area contributed by atoms with Gasteiger partial charge in [-0.05, 0) is 42.0 Å². The molecular formula is C11H11NO. The van der Waals surface area contributed by atoms with Gasteiger partial charge in [0.1, 0.15) is 0 Å². The molecule has 13 heavy (non-hydrogen) atoms. The highest BCUT2D eigenvalue weighted by Gasteiger charge is 2.17. The third-order valence-corrected chi connectivity index (χ3v) is 2.50. The van der Waals surface area contributed by atoms with E-state index in [9.17, 15) is 4.79 Å². The van der Waals surface area contributed by atoms with Gasteiger partial charge in [0.2, 0.25) is 6.08 Å². The van der Waals surface area contributed by atoms with E-state index in [2.05, 4.69) is 18.0 Å². The maximum atomic E-state index is 10.0. The fourth-order valence-electron chi connectivity index (χ4n) is 1.95. The van der Waals surface area contributed by atoms with Crippen LogP contribution in [0.15, 0.2) is 23.2 Å². The Hall–Kier alpha value is -1.40. The molecule has 0 radical (unpaired) electrons. The summed E-state index contributed by atoms with van der Waals surface area (Å²) in [6, 6.07) is 5.93. The Morgan fingerprint density at radius 1 is 1.38 bits per heavy atom. The van der Waals surface area contributed by atoms with Crippen LogP contribution in [0.4, 0.5) is 5.69 Å². The maximum Gasteiger partial charge on any atom is 0.240 e. The summed E-state index contributed by atoms with van der Waals surface area (Å²) in [4.78, 5) is 13.7. The van der Waals surface area contributed by atoms with Crippen LogP contribution in [0, 0.1) is 5.92 Å². The number of aliphatic imine (C=N–C) groups is 1. The minimum absolute atomic E-state index is 0.725. The lowest BCUT2D eigenvalue weighted by atomic mass is 10.1. The van der Waals surface area contributed by atoms with Gasteiger partial charge in [-0.2, -0.15) is 4.99 Å². The SMILES string of the molecule is CC1Cc2ccc(N=C=O)cc2C1. The summed E-state index contributed by atoms with van der Waals surface area (Å²) >= 11 is 0. The second-order valence-corrected chi connectivity index (χ2v) is 3.67. The molecule has 0 amide bonds. The lowest BCUT2D eigenvalue weighted by molar-refractivity contribution is 0.565. The van der Waals surface area contributed by atoms with Gasteiger partial charge >= 0.3 is 0 Å². The summed E-state index contributed by atoms with van der Waals surface area (Å²) in [5.41, 5.74) is 3.46. The van der Waals surface area contributed by atoms with Crippen LogP contribution in [0.25, 0.3) is 0 Å². The van der Waals surface area contributed by atoms with Crippen LogP contribution in [-0.4, -0.2) is 6.08 Å². The Balaban J connectivity index is 2.39. The van der Waals surface area contributed by atoms with Crippen molar-refractivity contribution in [3.8, 4) is 0 Å². The molecule has 1 atom stereocenters. The molecule has 0 heterocycles. The third kappa shape index (κ3) is 1.53. The smallest absolute Gasteiger partial charge is 0.211 e. The van der Waals surface area contributed by atoms with Gasteiger partial charge in [-0.1, -0.05) is 13.0 Å². The molecule has 1 aliphatic rings. The average molecular weight is 173 g/mol. The number of hydrogen-bond donors (Lipinski definition) is 0. The second kappa shape index (κ2) is 3.15. The number of carbonyl (C=O) groups excluding carboxylic acids is 1. The lowest BCUT2D eigenvalue weighted by Crippen LogP contribution is -1.89. The lowest BCUT2D eigenvalue weighted by Gasteiger charge is -1.97. The summed E-state index contributed by atoms with van der Waals surface area (Å²) in [6.45, 7) is 2.24. The Morgan fingerprint density at radius 3 is 2.92 bits per heavy atom. The standard InChI is InChI=1S/C11H11NO/c1-8-4-9-2-3-11(12-7-13)6-10(9)5-8/h2-3,6,8H,4-5H2,1H3. The quantitative estimate of drug-likeness (QED) is 0.473. The molecule has 1 aromatic rings. The van der Waals surface area contributed by atoms with E-state index in [1.165, 1.54) is 11.1 Å². The summed E-state index contributed by atoms with van der Waals surface area (Å²) in [5, 5.41) is 0. The molecule has 1 aromatic carbocycles. The first-order valence-corrected chi connectivity index (χ1v) is 4.49. The largest absolute Gasteiger partial charge is 0.240 e. The molecular weight excluding hydrogens is 162 g/mol. The fraction of sp³-hybridized carbons (Fsp3) is 0.364. The van der Waals surface area contributed by atoms with E-state index in [1.807, 2.05) is 12.1 Å². The van der Waals surface area contributed by atoms with Crippen LogP contribution >= 0.6 is 0 Å². The van der Waals surface area contributed by atoms with Crippen molar-refractivity contribution >= 4 is 11.8 Å².